The van der Waals surface area contributed by atoms with Crippen LogP contribution in [0.1, 0.15) is 5.56 Å². The highest BCUT2D eigenvalue weighted by molar-refractivity contribution is 9.10. The lowest BCUT2D eigenvalue weighted by molar-refractivity contribution is -0.125. The van der Waals surface area contributed by atoms with Crippen molar-refractivity contribution in [1.82, 2.24) is 10.3 Å². The lowest BCUT2D eigenvalue weighted by Crippen LogP contribution is -2.37. The largest absolute Gasteiger partial charge is 0.382 e. The monoisotopic (exact) mass is 273 g/mol. The predicted octanol–water partition coefficient (Wildman–Crippen LogP) is -0.220. The van der Waals surface area contributed by atoms with Crippen LogP contribution in [0, 0.1) is 0 Å². The van der Waals surface area contributed by atoms with Crippen LogP contribution in [0.25, 0.3) is 0 Å². The molecule has 1 heterocycles. The number of aromatic nitrogens is 1. The van der Waals surface area contributed by atoms with Crippen LogP contribution in [0.15, 0.2) is 22.9 Å². The Kier molecular flexibility index (Phi) is 4.67. The van der Waals surface area contributed by atoms with Gasteiger partial charge in [-0.1, -0.05) is 0 Å². The fourth-order valence-electron chi connectivity index (χ4n) is 1.01. The molecule has 0 saturated carbocycles. The number of carbonyl (C=O) groups excluding carboxylic acids is 1. The highest BCUT2D eigenvalue weighted by Crippen LogP contribution is 2.08. The maximum absolute atomic E-state index is 10.5. The zero-order valence-corrected chi connectivity index (χ0v) is 9.57. The van der Waals surface area contributed by atoms with E-state index in [2.05, 4.69) is 26.2 Å². The molecule has 0 bridgehead atoms. The quantitative estimate of drug-likeness (QED) is 0.692. The second-order valence-corrected chi connectivity index (χ2v) is 3.98. The summed E-state index contributed by atoms with van der Waals surface area (Å²) in [5, 5.41) is 12.0. The summed E-state index contributed by atoms with van der Waals surface area (Å²) in [4.78, 5) is 14.5. The number of rotatable bonds is 5. The number of nitrogens with zero attached hydrogens (tertiary/aromatic N) is 1. The zero-order chi connectivity index (χ0) is 11.3. The molecule has 4 N–H and O–H groups in total. The summed E-state index contributed by atoms with van der Waals surface area (Å²) in [5.41, 5.74) is 5.85. The van der Waals surface area contributed by atoms with Gasteiger partial charge in [0.15, 0.2) is 0 Å². The minimum Gasteiger partial charge on any atom is -0.382 e. The second-order valence-electron chi connectivity index (χ2n) is 3.06. The van der Waals surface area contributed by atoms with Crippen molar-refractivity contribution in [2.45, 2.75) is 12.6 Å². The van der Waals surface area contributed by atoms with Gasteiger partial charge in [0.25, 0.3) is 0 Å². The van der Waals surface area contributed by atoms with Crippen LogP contribution in [0.2, 0.25) is 0 Å². The molecule has 15 heavy (non-hydrogen) atoms. The first-order valence-electron chi connectivity index (χ1n) is 4.37. The first-order valence-corrected chi connectivity index (χ1v) is 5.16. The third-order valence-corrected chi connectivity index (χ3v) is 2.19. The molecule has 1 amide bonds. The molecular weight excluding hydrogens is 262 g/mol. The standard InChI is InChI=1S/C9H12BrN3O2/c10-7-1-6(2-12-4-7)3-13-5-8(14)9(11)15/h1-2,4,8,13-14H,3,5H2,(H2,11,15). The van der Waals surface area contributed by atoms with Crippen LogP contribution < -0.4 is 11.1 Å². The lowest BCUT2D eigenvalue weighted by Gasteiger charge is -2.08. The Labute approximate surface area is 95.8 Å². The summed E-state index contributed by atoms with van der Waals surface area (Å²) in [5.74, 6) is -0.727. The molecule has 0 aliphatic rings. The van der Waals surface area contributed by atoms with Gasteiger partial charge in [0, 0.05) is 30.0 Å². The molecule has 0 aliphatic heterocycles. The van der Waals surface area contributed by atoms with Crippen molar-refractivity contribution in [2.24, 2.45) is 5.73 Å². The molecular formula is C9H12BrN3O2. The summed E-state index contributed by atoms with van der Waals surface area (Å²) in [6.45, 7) is 0.665. The Morgan fingerprint density at radius 1 is 1.67 bits per heavy atom. The third kappa shape index (κ3) is 4.37. The minimum absolute atomic E-state index is 0.141. The molecule has 0 fully saturated rings. The van der Waals surface area contributed by atoms with Gasteiger partial charge in [0.1, 0.15) is 6.10 Å². The van der Waals surface area contributed by atoms with Crippen molar-refractivity contribution in [3.63, 3.8) is 0 Å². The molecule has 1 atom stereocenters. The van der Waals surface area contributed by atoms with Crippen LogP contribution in [0.5, 0.6) is 0 Å². The van der Waals surface area contributed by atoms with E-state index in [0.717, 1.165) is 10.0 Å². The highest BCUT2D eigenvalue weighted by atomic mass is 79.9. The van der Waals surface area contributed by atoms with Crippen LogP contribution in [-0.4, -0.2) is 28.6 Å². The molecule has 0 aliphatic carbocycles. The van der Waals surface area contributed by atoms with Crippen LogP contribution >= 0.6 is 15.9 Å². The molecule has 6 heteroatoms. The fraction of sp³-hybridized carbons (Fsp3) is 0.333. The van der Waals surface area contributed by atoms with E-state index < -0.39 is 12.0 Å². The van der Waals surface area contributed by atoms with Crippen LogP contribution in [-0.2, 0) is 11.3 Å². The first kappa shape index (κ1) is 12.1. The number of hydrogen-bond donors (Lipinski definition) is 3. The average Bonchev–Trinajstić information content (AvgIpc) is 2.17. The van der Waals surface area contributed by atoms with Crippen LogP contribution in [0.4, 0.5) is 0 Å². The van der Waals surface area contributed by atoms with E-state index in [9.17, 15) is 4.79 Å². The Morgan fingerprint density at radius 3 is 3.00 bits per heavy atom. The third-order valence-electron chi connectivity index (χ3n) is 1.76. The number of aliphatic hydroxyl groups excluding tert-OH is 1. The van der Waals surface area contributed by atoms with Gasteiger partial charge in [-0.3, -0.25) is 9.78 Å². The number of nitrogens with two attached hydrogens (primary N) is 1. The van der Waals surface area contributed by atoms with E-state index in [0.29, 0.717) is 6.54 Å². The summed E-state index contributed by atoms with van der Waals surface area (Å²) < 4.78 is 0.886. The van der Waals surface area contributed by atoms with E-state index in [-0.39, 0.29) is 6.54 Å². The molecule has 1 aromatic heterocycles. The number of amides is 1. The van der Waals surface area contributed by atoms with Gasteiger partial charge in [-0.2, -0.15) is 0 Å². The summed E-state index contributed by atoms with van der Waals surface area (Å²) in [6.07, 6.45) is 2.24. The minimum atomic E-state index is -1.15. The van der Waals surface area contributed by atoms with E-state index in [1.807, 2.05) is 6.07 Å². The van der Waals surface area contributed by atoms with Gasteiger partial charge < -0.3 is 16.2 Å². The van der Waals surface area contributed by atoms with Crippen molar-refractivity contribution in [2.75, 3.05) is 6.54 Å². The number of aliphatic hydroxyl groups is 1. The molecule has 0 radical (unpaired) electrons. The number of pyridine rings is 1. The maximum atomic E-state index is 10.5. The van der Waals surface area contributed by atoms with E-state index in [4.69, 9.17) is 10.8 Å². The number of primary amides is 1. The van der Waals surface area contributed by atoms with Crippen molar-refractivity contribution < 1.29 is 9.90 Å². The molecule has 0 saturated heterocycles. The Hall–Kier alpha value is -0.980. The van der Waals surface area contributed by atoms with Crippen molar-refractivity contribution >= 4 is 21.8 Å². The molecule has 5 nitrogen and oxygen atoms in total. The average molecular weight is 274 g/mol. The van der Waals surface area contributed by atoms with Gasteiger partial charge in [0.2, 0.25) is 5.91 Å². The predicted molar refractivity (Wildman–Crippen MR) is 58.8 cm³/mol. The smallest absolute Gasteiger partial charge is 0.247 e. The summed E-state index contributed by atoms with van der Waals surface area (Å²) in [6, 6.07) is 1.90. The molecule has 1 rings (SSSR count). The van der Waals surface area contributed by atoms with Crippen molar-refractivity contribution in [3.8, 4) is 0 Å². The Bertz CT molecular complexity index is 346. The number of carbonyl (C=O) groups is 1. The highest BCUT2D eigenvalue weighted by Gasteiger charge is 2.09. The van der Waals surface area contributed by atoms with Gasteiger partial charge in [-0.15, -0.1) is 0 Å². The van der Waals surface area contributed by atoms with Crippen molar-refractivity contribution in [3.05, 3.63) is 28.5 Å². The zero-order valence-electron chi connectivity index (χ0n) is 7.98. The summed E-state index contributed by atoms with van der Waals surface area (Å²) in [7, 11) is 0. The fourth-order valence-corrected chi connectivity index (χ4v) is 1.42. The maximum Gasteiger partial charge on any atom is 0.247 e. The van der Waals surface area contributed by atoms with Crippen LogP contribution in [0.3, 0.4) is 0 Å². The molecule has 1 aromatic rings. The molecule has 1 unspecified atom stereocenters. The van der Waals surface area contributed by atoms with E-state index in [1.165, 1.54) is 0 Å². The van der Waals surface area contributed by atoms with Gasteiger partial charge in [0.05, 0.1) is 0 Å². The van der Waals surface area contributed by atoms with Gasteiger partial charge in [-0.05, 0) is 27.6 Å². The SMILES string of the molecule is NC(=O)C(O)CNCc1cncc(Br)c1. The van der Waals surface area contributed by atoms with Crippen molar-refractivity contribution in [1.29, 1.82) is 0 Å². The van der Waals surface area contributed by atoms with Gasteiger partial charge >= 0.3 is 0 Å². The molecule has 82 valence electrons. The normalized spacial score (nSPS) is 12.4. The first-order chi connectivity index (χ1) is 7.09. The Morgan fingerprint density at radius 2 is 2.40 bits per heavy atom. The van der Waals surface area contributed by atoms with E-state index in [1.54, 1.807) is 12.4 Å². The second kappa shape index (κ2) is 5.79. The van der Waals surface area contributed by atoms with E-state index >= 15 is 0 Å². The van der Waals surface area contributed by atoms with Gasteiger partial charge in [-0.25, -0.2) is 0 Å². The molecule has 0 aromatic carbocycles. The number of hydrogen-bond acceptors (Lipinski definition) is 4. The number of halogens is 1. The molecule has 0 spiro atoms. The number of nitrogens with one attached hydrogen (secondary N) is 1. The summed E-state index contributed by atoms with van der Waals surface area (Å²) >= 11 is 3.29. The lowest BCUT2D eigenvalue weighted by atomic mass is 10.2. The topological polar surface area (TPSA) is 88.2 Å². The Balaban J connectivity index is 2.35.